The largest absolute Gasteiger partial charge is 0.462 e. The van der Waals surface area contributed by atoms with Crippen molar-refractivity contribution >= 4 is 11.5 Å². The summed E-state index contributed by atoms with van der Waals surface area (Å²) in [6.45, 7) is 4.31. The van der Waals surface area contributed by atoms with Crippen molar-refractivity contribution in [1.29, 1.82) is 5.26 Å². The third-order valence-electron chi connectivity index (χ3n) is 8.73. The molecule has 2 fully saturated rings. The number of hydrogen-bond donors (Lipinski definition) is 1. The lowest BCUT2D eigenvalue weighted by Crippen LogP contribution is -2.51. The monoisotopic (exact) mass is 519 g/mol. The molecule has 1 aromatic heterocycles. The van der Waals surface area contributed by atoms with Crippen LogP contribution in [0.25, 0.3) is 0 Å². The van der Waals surface area contributed by atoms with Crippen molar-refractivity contribution in [1.82, 2.24) is 20.2 Å². The Bertz CT molecular complexity index is 1190. The maximum absolute atomic E-state index is 13.9. The third kappa shape index (κ3) is 5.16. The summed E-state index contributed by atoms with van der Waals surface area (Å²) in [7, 11) is 1.95. The fourth-order valence-electron chi connectivity index (χ4n) is 6.73. The molecule has 0 bridgehead atoms. The topological polar surface area (TPSA) is 80.5 Å². The number of para-hydroxylation sites is 1. The summed E-state index contributed by atoms with van der Waals surface area (Å²) in [6.07, 6.45) is 5.32. The van der Waals surface area contributed by atoms with Gasteiger partial charge in [0.05, 0.1) is 18.2 Å². The van der Waals surface area contributed by atoms with Crippen molar-refractivity contribution in [2.75, 3.05) is 56.2 Å². The lowest BCUT2D eigenvalue weighted by molar-refractivity contribution is 0.187. The molecular weight excluding hydrogens is 481 g/mol. The number of rotatable bonds is 6. The van der Waals surface area contributed by atoms with Crippen LogP contribution in [0.1, 0.15) is 42.5 Å². The summed E-state index contributed by atoms with van der Waals surface area (Å²) < 4.78 is 20.1. The van der Waals surface area contributed by atoms with E-state index in [0.717, 1.165) is 63.4 Å². The Labute approximate surface area is 224 Å². The second-order valence-electron chi connectivity index (χ2n) is 11.3. The van der Waals surface area contributed by atoms with Gasteiger partial charge in [-0.25, -0.2) is 4.39 Å². The number of likely N-dealkylation sites (tertiary alicyclic amines) is 1. The molecule has 1 aliphatic carbocycles. The van der Waals surface area contributed by atoms with Crippen LogP contribution in [0.2, 0.25) is 0 Å². The number of nitrogens with one attached hydrogen (secondary N) is 1. The summed E-state index contributed by atoms with van der Waals surface area (Å²) in [5, 5.41) is 12.7. The van der Waals surface area contributed by atoms with Gasteiger partial charge in [-0.1, -0.05) is 18.2 Å². The van der Waals surface area contributed by atoms with E-state index < -0.39 is 6.17 Å². The van der Waals surface area contributed by atoms with E-state index in [1.54, 1.807) is 0 Å². The maximum Gasteiger partial charge on any atom is 0.318 e. The average Bonchev–Trinajstić information content (AvgIpc) is 3.27. The molecule has 4 atom stereocenters. The van der Waals surface area contributed by atoms with Gasteiger partial charge in [0, 0.05) is 68.5 Å². The highest BCUT2D eigenvalue weighted by Crippen LogP contribution is 2.36. The fraction of sp³-hybridized carbons (Fsp3) is 0.621. The Kier molecular flexibility index (Phi) is 7.35. The second kappa shape index (κ2) is 11.0. The summed E-state index contributed by atoms with van der Waals surface area (Å²) >= 11 is 0. The smallest absolute Gasteiger partial charge is 0.318 e. The highest BCUT2D eigenvalue weighted by molar-refractivity contribution is 5.58. The quantitative estimate of drug-likeness (QED) is 0.624. The number of benzene rings is 1. The van der Waals surface area contributed by atoms with Gasteiger partial charge >= 0.3 is 6.01 Å². The van der Waals surface area contributed by atoms with Crippen LogP contribution in [-0.2, 0) is 19.3 Å². The first-order chi connectivity index (χ1) is 18.6. The predicted molar refractivity (Wildman–Crippen MR) is 146 cm³/mol. The van der Waals surface area contributed by atoms with Gasteiger partial charge in [-0.15, -0.1) is 0 Å². The molecule has 9 heteroatoms. The van der Waals surface area contributed by atoms with Crippen molar-refractivity contribution < 1.29 is 9.13 Å². The van der Waals surface area contributed by atoms with E-state index in [2.05, 4.69) is 45.5 Å². The Morgan fingerprint density at radius 2 is 2.08 bits per heavy atom. The van der Waals surface area contributed by atoms with Gasteiger partial charge in [-0.3, -0.25) is 4.90 Å². The zero-order valence-electron chi connectivity index (χ0n) is 22.3. The van der Waals surface area contributed by atoms with Gasteiger partial charge in [0.15, 0.2) is 0 Å². The minimum atomic E-state index is -0.806. The molecule has 1 aromatic carbocycles. The number of hydrogen-bond acceptors (Lipinski definition) is 8. The van der Waals surface area contributed by atoms with Crippen LogP contribution in [0.15, 0.2) is 24.3 Å². The van der Waals surface area contributed by atoms with Crippen LogP contribution in [0, 0.1) is 11.3 Å². The van der Waals surface area contributed by atoms with Crippen LogP contribution in [0.5, 0.6) is 6.01 Å². The molecule has 4 heterocycles. The molecule has 0 saturated carbocycles. The van der Waals surface area contributed by atoms with E-state index in [0.29, 0.717) is 38.0 Å². The average molecular weight is 520 g/mol. The molecule has 1 unspecified atom stereocenters. The first-order valence-corrected chi connectivity index (χ1v) is 14.2. The molecule has 38 heavy (non-hydrogen) atoms. The van der Waals surface area contributed by atoms with Crippen LogP contribution in [-0.4, -0.2) is 85.5 Å². The minimum absolute atomic E-state index is 0.0323. The SMILES string of the molecule is CN1C[C@H](F)C[C@H]1COc1nc2c(c(N3CCN[C@@H](CC#N)C3)n1)CCC(N1CCCc3ccccc31)C2. The number of piperazine rings is 1. The number of alkyl halides is 1. The number of nitriles is 1. The molecule has 0 amide bonds. The van der Waals surface area contributed by atoms with E-state index in [1.807, 2.05) is 11.9 Å². The van der Waals surface area contributed by atoms with Crippen LogP contribution in [0.3, 0.4) is 0 Å². The molecule has 3 aliphatic heterocycles. The number of halogens is 1. The zero-order valence-corrected chi connectivity index (χ0v) is 22.3. The first kappa shape index (κ1) is 25.3. The van der Waals surface area contributed by atoms with Gasteiger partial charge in [-0.2, -0.15) is 15.2 Å². The molecule has 6 rings (SSSR count). The van der Waals surface area contributed by atoms with Crippen molar-refractivity contribution in [2.45, 2.75) is 69.2 Å². The van der Waals surface area contributed by atoms with E-state index >= 15 is 0 Å². The standard InChI is InChI=1S/C29H38FN7O/c1-35-17-21(30)15-24(35)19-38-29-33-26-16-23(37-13-4-6-20-5-2-3-7-27(20)37)8-9-25(26)28(34-29)36-14-12-32-22(18-36)10-11-31/h2-3,5,7,21-24,32H,4,6,8-10,12-19H2,1H3/t21-,22+,23?,24+/m1/s1. The third-order valence-corrected chi connectivity index (χ3v) is 8.73. The van der Waals surface area contributed by atoms with Gasteiger partial charge in [0.25, 0.3) is 0 Å². The fourth-order valence-corrected chi connectivity index (χ4v) is 6.73. The summed E-state index contributed by atoms with van der Waals surface area (Å²) in [4.78, 5) is 16.8. The number of fused-ring (bicyclic) bond motifs is 2. The minimum Gasteiger partial charge on any atom is -0.462 e. The van der Waals surface area contributed by atoms with Crippen molar-refractivity contribution in [3.8, 4) is 12.1 Å². The van der Waals surface area contributed by atoms with Gasteiger partial charge in [0.2, 0.25) is 0 Å². The Balaban J connectivity index is 1.28. The van der Waals surface area contributed by atoms with Gasteiger partial charge in [0.1, 0.15) is 18.6 Å². The van der Waals surface area contributed by atoms with Gasteiger partial charge < -0.3 is 19.9 Å². The highest BCUT2D eigenvalue weighted by Gasteiger charge is 2.34. The Hall–Kier alpha value is -2.96. The van der Waals surface area contributed by atoms with Crippen molar-refractivity contribution in [3.05, 3.63) is 41.1 Å². The molecule has 8 nitrogen and oxygen atoms in total. The molecule has 0 spiro atoms. The molecule has 0 radical (unpaired) electrons. The molecule has 1 N–H and O–H groups in total. The number of anilines is 2. The Morgan fingerprint density at radius 1 is 1.18 bits per heavy atom. The number of aromatic nitrogens is 2. The van der Waals surface area contributed by atoms with E-state index in [9.17, 15) is 9.65 Å². The number of nitrogens with zero attached hydrogens (tertiary/aromatic N) is 6. The summed E-state index contributed by atoms with van der Waals surface area (Å²) in [5.41, 5.74) is 5.10. The van der Waals surface area contributed by atoms with Crippen LogP contribution >= 0.6 is 0 Å². The number of ether oxygens (including phenoxy) is 1. The maximum atomic E-state index is 13.9. The summed E-state index contributed by atoms with van der Waals surface area (Å²) in [6, 6.07) is 12.0. The molecule has 2 aromatic rings. The van der Waals surface area contributed by atoms with Crippen molar-refractivity contribution in [3.63, 3.8) is 0 Å². The Morgan fingerprint density at radius 3 is 2.92 bits per heavy atom. The van der Waals surface area contributed by atoms with E-state index in [4.69, 9.17) is 14.7 Å². The van der Waals surface area contributed by atoms with Gasteiger partial charge in [-0.05, 0) is 50.8 Å². The normalized spacial score (nSPS) is 27.5. The molecule has 202 valence electrons. The molecule has 4 aliphatic rings. The first-order valence-electron chi connectivity index (χ1n) is 14.2. The predicted octanol–water partition coefficient (Wildman–Crippen LogP) is 2.90. The molecular formula is C29H38FN7O. The summed E-state index contributed by atoms with van der Waals surface area (Å²) in [5.74, 6) is 0.954. The van der Waals surface area contributed by atoms with Crippen molar-refractivity contribution in [2.24, 2.45) is 0 Å². The molecule has 2 saturated heterocycles. The van der Waals surface area contributed by atoms with Crippen LogP contribution in [0.4, 0.5) is 15.9 Å². The second-order valence-corrected chi connectivity index (χ2v) is 11.3. The number of aryl methyl sites for hydroxylation is 1. The zero-order chi connectivity index (χ0) is 26.1. The lowest BCUT2D eigenvalue weighted by Gasteiger charge is -2.41. The van der Waals surface area contributed by atoms with E-state index in [-0.39, 0.29) is 12.1 Å². The highest BCUT2D eigenvalue weighted by atomic mass is 19.1. The lowest BCUT2D eigenvalue weighted by atomic mass is 9.88. The van der Waals surface area contributed by atoms with E-state index in [1.165, 1.54) is 23.2 Å². The van der Waals surface area contributed by atoms with Crippen LogP contribution < -0.4 is 19.9 Å². The number of likely N-dealkylation sites (N-methyl/N-ethyl adjacent to an activating group) is 1.